The lowest BCUT2D eigenvalue weighted by Crippen LogP contribution is -2.32. The van der Waals surface area contributed by atoms with E-state index >= 15 is 0 Å². The van der Waals surface area contributed by atoms with E-state index in [9.17, 15) is 4.79 Å². The third-order valence-corrected chi connectivity index (χ3v) is 5.58. The molecule has 138 valence electrons. The van der Waals surface area contributed by atoms with Gasteiger partial charge >= 0.3 is 0 Å². The van der Waals surface area contributed by atoms with Crippen LogP contribution in [0.25, 0.3) is 0 Å². The number of para-hydroxylation sites is 1. The molecule has 2 aromatic rings. The van der Waals surface area contributed by atoms with Gasteiger partial charge in [0.05, 0.1) is 0 Å². The van der Waals surface area contributed by atoms with Crippen molar-refractivity contribution >= 4 is 23.4 Å². The number of aryl methyl sites for hydroxylation is 2. The molecule has 1 aliphatic rings. The summed E-state index contributed by atoms with van der Waals surface area (Å²) in [6.07, 6.45) is 0. The lowest BCUT2D eigenvalue weighted by atomic mass is 10.1. The van der Waals surface area contributed by atoms with Gasteiger partial charge in [0.15, 0.2) is 6.61 Å². The molecule has 0 saturated carbocycles. The number of amides is 1. The predicted octanol–water partition coefficient (Wildman–Crippen LogP) is 3.87. The van der Waals surface area contributed by atoms with Crippen LogP contribution in [0.3, 0.4) is 0 Å². The second-order valence-electron chi connectivity index (χ2n) is 6.63. The fraction of sp³-hybridized carbons (Fsp3) is 0.381. The van der Waals surface area contributed by atoms with Crippen molar-refractivity contribution in [3.8, 4) is 5.75 Å². The lowest BCUT2D eigenvalue weighted by molar-refractivity contribution is -0.118. The van der Waals surface area contributed by atoms with Crippen LogP contribution < -0.4 is 10.1 Å². The van der Waals surface area contributed by atoms with Gasteiger partial charge < -0.3 is 10.1 Å². The SMILES string of the molecule is Cc1ccc(OCC(=O)Nc2ccccc2CN2CCSCC2)cc1C. The topological polar surface area (TPSA) is 41.6 Å². The van der Waals surface area contributed by atoms with Crippen LogP contribution in [0.15, 0.2) is 42.5 Å². The van der Waals surface area contributed by atoms with Crippen LogP contribution in [-0.4, -0.2) is 42.0 Å². The molecule has 26 heavy (non-hydrogen) atoms. The number of thioether (sulfide) groups is 1. The average Bonchev–Trinajstić information content (AvgIpc) is 2.65. The monoisotopic (exact) mass is 370 g/mol. The van der Waals surface area contributed by atoms with Crippen LogP contribution in [0.5, 0.6) is 5.75 Å². The first-order chi connectivity index (χ1) is 12.6. The standard InChI is InChI=1S/C21H26N2O2S/c1-16-7-8-19(13-17(16)2)25-15-21(24)22-20-6-4-3-5-18(20)14-23-9-11-26-12-10-23/h3-8,13H,9-12,14-15H2,1-2H3,(H,22,24). The van der Waals surface area contributed by atoms with E-state index in [0.29, 0.717) is 0 Å². The molecule has 2 aromatic carbocycles. The van der Waals surface area contributed by atoms with Crippen LogP contribution >= 0.6 is 11.8 Å². The molecule has 1 aliphatic heterocycles. The molecule has 5 heteroatoms. The normalized spacial score (nSPS) is 14.8. The van der Waals surface area contributed by atoms with E-state index in [1.165, 1.54) is 17.1 Å². The number of carbonyl (C=O) groups is 1. The van der Waals surface area contributed by atoms with Crippen molar-refractivity contribution in [2.45, 2.75) is 20.4 Å². The van der Waals surface area contributed by atoms with Gasteiger partial charge in [-0.1, -0.05) is 24.3 Å². The Kier molecular flexibility index (Phi) is 6.58. The summed E-state index contributed by atoms with van der Waals surface area (Å²) in [5.41, 5.74) is 4.40. The van der Waals surface area contributed by atoms with Crippen molar-refractivity contribution in [2.75, 3.05) is 36.5 Å². The van der Waals surface area contributed by atoms with E-state index in [-0.39, 0.29) is 12.5 Å². The summed E-state index contributed by atoms with van der Waals surface area (Å²) in [6.45, 7) is 7.18. The molecular weight excluding hydrogens is 344 g/mol. The molecule has 0 bridgehead atoms. The van der Waals surface area contributed by atoms with Crippen LogP contribution in [0, 0.1) is 13.8 Å². The minimum absolute atomic E-state index is 0.0111. The molecule has 0 spiro atoms. The predicted molar refractivity (Wildman–Crippen MR) is 109 cm³/mol. The molecule has 1 heterocycles. The minimum Gasteiger partial charge on any atom is -0.484 e. The first-order valence-corrected chi connectivity index (χ1v) is 10.2. The van der Waals surface area contributed by atoms with Gasteiger partial charge in [0.1, 0.15) is 5.75 Å². The highest BCUT2D eigenvalue weighted by Gasteiger charge is 2.14. The number of carbonyl (C=O) groups excluding carboxylic acids is 1. The average molecular weight is 371 g/mol. The first-order valence-electron chi connectivity index (χ1n) is 9.00. The molecule has 0 radical (unpaired) electrons. The second kappa shape index (κ2) is 9.10. The molecule has 3 rings (SSSR count). The Morgan fingerprint density at radius 1 is 1.12 bits per heavy atom. The van der Waals surface area contributed by atoms with Crippen molar-refractivity contribution in [3.63, 3.8) is 0 Å². The van der Waals surface area contributed by atoms with Crippen molar-refractivity contribution in [2.24, 2.45) is 0 Å². The molecule has 0 unspecified atom stereocenters. The van der Waals surface area contributed by atoms with Gasteiger partial charge in [-0.15, -0.1) is 0 Å². The molecule has 1 saturated heterocycles. The van der Waals surface area contributed by atoms with Crippen LogP contribution in [0.4, 0.5) is 5.69 Å². The second-order valence-corrected chi connectivity index (χ2v) is 7.85. The van der Waals surface area contributed by atoms with E-state index in [1.807, 2.05) is 55.1 Å². The van der Waals surface area contributed by atoms with Crippen LogP contribution in [-0.2, 0) is 11.3 Å². The van der Waals surface area contributed by atoms with Crippen molar-refractivity contribution < 1.29 is 9.53 Å². The lowest BCUT2D eigenvalue weighted by Gasteiger charge is -2.27. The Balaban J connectivity index is 1.57. The maximum absolute atomic E-state index is 12.3. The number of hydrogen-bond acceptors (Lipinski definition) is 4. The zero-order chi connectivity index (χ0) is 18.4. The number of nitrogens with one attached hydrogen (secondary N) is 1. The van der Waals surface area contributed by atoms with Crippen molar-refractivity contribution in [1.82, 2.24) is 4.90 Å². The number of nitrogens with zero attached hydrogens (tertiary/aromatic N) is 1. The zero-order valence-electron chi connectivity index (χ0n) is 15.5. The molecule has 0 atom stereocenters. The number of ether oxygens (including phenoxy) is 1. The van der Waals surface area contributed by atoms with Gasteiger partial charge in [-0.05, 0) is 48.7 Å². The minimum atomic E-state index is -0.134. The van der Waals surface area contributed by atoms with Crippen LogP contribution in [0.1, 0.15) is 16.7 Å². The molecule has 0 aromatic heterocycles. The summed E-state index contributed by atoms with van der Waals surface area (Å²) < 4.78 is 5.64. The fourth-order valence-corrected chi connectivity index (χ4v) is 3.90. The smallest absolute Gasteiger partial charge is 0.262 e. The quantitative estimate of drug-likeness (QED) is 0.838. The number of rotatable bonds is 6. The summed E-state index contributed by atoms with van der Waals surface area (Å²) >= 11 is 2.00. The number of benzene rings is 2. The summed E-state index contributed by atoms with van der Waals surface area (Å²) in [5, 5.41) is 3.00. The Morgan fingerprint density at radius 2 is 1.88 bits per heavy atom. The Hall–Kier alpha value is -1.98. The summed E-state index contributed by atoms with van der Waals surface area (Å²) in [5.74, 6) is 2.95. The Bertz CT molecular complexity index is 757. The van der Waals surface area contributed by atoms with Gasteiger partial charge in [0.25, 0.3) is 5.91 Å². The van der Waals surface area contributed by atoms with E-state index < -0.39 is 0 Å². The third kappa shape index (κ3) is 5.26. The molecule has 1 amide bonds. The summed E-state index contributed by atoms with van der Waals surface area (Å²) in [4.78, 5) is 14.8. The zero-order valence-corrected chi connectivity index (χ0v) is 16.3. The van der Waals surface area contributed by atoms with E-state index in [0.717, 1.165) is 42.2 Å². The fourth-order valence-electron chi connectivity index (χ4n) is 2.92. The molecule has 4 nitrogen and oxygen atoms in total. The van der Waals surface area contributed by atoms with E-state index in [2.05, 4.69) is 23.2 Å². The van der Waals surface area contributed by atoms with Gasteiger partial charge in [0, 0.05) is 36.8 Å². The summed E-state index contributed by atoms with van der Waals surface area (Å²) in [7, 11) is 0. The highest BCUT2D eigenvalue weighted by molar-refractivity contribution is 7.99. The first kappa shape index (κ1) is 18.8. The van der Waals surface area contributed by atoms with Gasteiger partial charge in [-0.25, -0.2) is 0 Å². The molecule has 1 N–H and O–H groups in total. The summed E-state index contributed by atoms with van der Waals surface area (Å²) in [6, 6.07) is 13.9. The number of hydrogen-bond donors (Lipinski definition) is 1. The molecule has 1 fully saturated rings. The van der Waals surface area contributed by atoms with E-state index in [4.69, 9.17) is 4.74 Å². The van der Waals surface area contributed by atoms with Gasteiger partial charge in [-0.2, -0.15) is 11.8 Å². The van der Waals surface area contributed by atoms with Crippen LogP contribution in [0.2, 0.25) is 0 Å². The van der Waals surface area contributed by atoms with E-state index in [1.54, 1.807) is 0 Å². The Labute approximate surface area is 159 Å². The number of anilines is 1. The highest BCUT2D eigenvalue weighted by Crippen LogP contribution is 2.20. The van der Waals surface area contributed by atoms with Crippen molar-refractivity contribution in [1.29, 1.82) is 0 Å². The Morgan fingerprint density at radius 3 is 2.65 bits per heavy atom. The maximum atomic E-state index is 12.3. The largest absolute Gasteiger partial charge is 0.484 e. The highest BCUT2D eigenvalue weighted by atomic mass is 32.2. The molecule has 0 aliphatic carbocycles. The van der Waals surface area contributed by atoms with Gasteiger partial charge in [-0.3, -0.25) is 9.69 Å². The van der Waals surface area contributed by atoms with Crippen molar-refractivity contribution in [3.05, 3.63) is 59.2 Å². The van der Waals surface area contributed by atoms with Gasteiger partial charge in [0.2, 0.25) is 0 Å². The third-order valence-electron chi connectivity index (χ3n) is 4.64. The maximum Gasteiger partial charge on any atom is 0.262 e. The molecular formula is C21H26N2O2S.